The fraction of sp³-hybridized carbons (Fsp3) is 0.176. The number of hydrogen-bond donors (Lipinski definition) is 1. The van der Waals surface area contributed by atoms with E-state index in [0.717, 1.165) is 12.1 Å². The van der Waals surface area contributed by atoms with E-state index in [-0.39, 0.29) is 22.7 Å². The van der Waals surface area contributed by atoms with Crippen LogP contribution in [0.5, 0.6) is 0 Å². The van der Waals surface area contributed by atoms with Crippen LogP contribution in [0.25, 0.3) is 0 Å². The fourth-order valence-electron chi connectivity index (χ4n) is 2.07. The first-order valence-corrected chi connectivity index (χ1v) is 7.57. The average molecular weight is 371 g/mol. The van der Waals surface area contributed by atoms with Crippen molar-refractivity contribution in [1.29, 1.82) is 0 Å². The van der Waals surface area contributed by atoms with E-state index in [4.69, 9.17) is 11.6 Å². The zero-order valence-electron chi connectivity index (χ0n) is 13.2. The van der Waals surface area contributed by atoms with E-state index in [0.29, 0.717) is 6.07 Å². The van der Waals surface area contributed by atoms with Crippen molar-refractivity contribution in [3.05, 3.63) is 70.0 Å². The van der Waals surface area contributed by atoms with Crippen LogP contribution in [0, 0.1) is 17.5 Å². The Hall–Kier alpha value is -2.54. The van der Waals surface area contributed by atoms with Crippen molar-refractivity contribution in [3.8, 4) is 0 Å². The number of likely N-dealkylation sites (N-methyl/N-ethyl adjacent to an activating group) is 1. The Balaban J connectivity index is 1.96. The number of amides is 2. The summed E-state index contributed by atoms with van der Waals surface area (Å²) in [6, 6.07) is 6.65. The third-order valence-electron chi connectivity index (χ3n) is 3.46. The first kappa shape index (κ1) is 18.8. The van der Waals surface area contributed by atoms with Crippen LogP contribution < -0.4 is 5.32 Å². The molecule has 0 unspecified atom stereocenters. The van der Waals surface area contributed by atoms with E-state index in [1.807, 2.05) is 0 Å². The summed E-state index contributed by atoms with van der Waals surface area (Å²) < 4.78 is 40.1. The van der Waals surface area contributed by atoms with Gasteiger partial charge in [-0.2, -0.15) is 0 Å². The van der Waals surface area contributed by atoms with Gasteiger partial charge in [-0.1, -0.05) is 17.7 Å². The maximum Gasteiger partial charge on any atom is 0.254 e. The summed E-state index contributed by atoms with van der Waals surface area (Å²) in [4.78, 5) is 25.1. The van der Waals surface area contributed by atoms with Gasteiger partial charge in [0.1, 0.15) is 17.5 Å². The lowest BCUT2D eigenvalue weighted by Crippen LogP contribution is -2.38. The van der Waals surface area contributed by atoms with Crippen LogP contribution in [0.3, 0.4) is 0 Å². The number of halogens is 4. The fourth-order valence-corrected chi connectivity index (χ4v) is 2.29. The minimum atomic E-state index is -1.03. The molecular formula is C17H14ClF3N2O2. The van der Waals surface area contributed by atoms with E-state index < -0.39 is 35.8 Å². The highest BCUT2D eigenvalue weighted by Gasteiger charge is 2.17. The van der Waals surface area contributed by atoms with Gasteiger partial charge in [-0.3, -0.25) is 9.59 Å². The number of nitrogens with one attached hydrogen (secondary N) is 1. The topological polar surface area (TPSA) is 49.4 Å². The average Bonchev–Trinajstić information content (AvgIpc) is 2.55. The predicted molar refractivity (Wildman–Crippen MR) is 86.6 cm³/mol. The van der Waals surface area contributed by atoms with Crippen molar-refractivity contribution in [2.75, 3.05) is 13.6 Å². The molecule has 2 aromatic carbocycles. The first-order chi connectivity index (χ1) is 11.8. The van der Waals surface area contributed by atoms with E-state index >= 15 is 0 Å². The summed E-state index contributed by atoms with van der Waals surface area (Å²) in [7, 11) is 1.41. The highest BCUT2D eigenvalue weighted by molar-refractivity contribution is 6.31. The minimum absolute atomic E-state index is 0.0921. The molecule has 0 aliphatic rings. The third-order valence-corrected chi connectivity index (χ3v) is 3.81. The highest BCUT2D eigenvalue weighted by atomic mass is 35.5. The minimum Gasteiger partial charge on any atom is -0.343 e. The lowest BCUT2D eigenvalue weighted by atomic mass is 10.2. The number of carbonyl (C=O) groups excluding carboxylic acids is 2. The molecule has 0 aromatic heterocycles. The van der Waals surface area contributed by atoms with Gasteiger partial charge in [-0.15, -0.1) is 0 Å². The van der Waals surface area contributed by atoms with Gasteiger partial charge in [0.25, 0.3) is 5.91 Å². The van der Waals surface area contributed by atoms with Crippen molar-refractivity contribution in [1.82, 2.24) is 10.2 Å². The molecule has 132 valence electrons. The Morgan fingerprint density at radius 3 is 2.48 bits per heavy atom. The van der Waals surface area contributed by atoms with Gasteiger partial charge in [0, 0.05) is 30.2 Å². The monoisotopic (exact) mass is 370 g/mol. The van der Waals surface area contributed by atoms with Crippen LogP contribution in [0.15, 0.2) is 36.4 Å². The van der Waals surface area contributed by atoms with E-state index in [1.54, 1.807) is 0 Å². The lowest BCUT2D eigenvalue weighted by Gasteiger charge is -2.18. The van der Waals surface area contributed by atoms with Crippen LogP contribution in [-0.4, -0.2) is 30.3 Å². The van der Waals surface area contributed by atoms with Crippen molar-refractivity contribution < 1.29 is 22.8 Å². The van der Waals surface area contributed by atoms with E-state index in [2.05, 4.69) is 5.32 Å². The number of carbonyl (C=O) groups is 2. The van der Waals surface area contributed by atoms with Crippen LogP contribution in [0.1, 0.15) is 15.9 Å². The molecule has 0 fully saturated rings. The Labute approximate surface area is 147 Å². The van der Waals surface area contributed by atoms with Gasteiger partial charge in [-0.25, -0.2) is 13.2 Å². The molecule has 2 amide bonds. The summed E-state index contributed by atoms with van der Waals surface area (Å²) in [5, 5.41) is 2.41. The SMILES string of the molecule is CN(Cc1c(F)cccc1Cl)C(=O)CNC(=O)c1ccc(F)cc1F. The summed E-state index contributed by atoms with van der Waals surface area (Å²) in [6.45, 7) is -0.524. The summed E-state index contributed by atoms with van der Waals surface area (Å²) >= 11 is 5.90. The van der Waals surface area contributed by atoms with E-state index in [9.17, 15) is 22.8 Å². The second kappa shape index (κ2) is 8.02. The van der Waals surface area contributed by atoms with Gasteiger partial charge in [0.2, 0.25) is 5.91 Å². The van der Waals surface area contributed by atoms with Crippen LogP contribution >= 0.6 is 11.6 Å². The third kappa shape index (κ3) is 4.73. The van der Waals surface area contributed by atoms with Crippen molar-refractivity contribution in [2.45, 2.75) is 6.54 Å². The Morgan fingerprint density at radius 1 is 1.12 bits per heavy atom. The summed E-state index contributed by atoms with van der Waals surface area (Å²) in [5.74, 6) is -3.79. The molecule has 0 spiro atoms. The molecular weight excluding hydrogens is 357 g/mol. The van der Waals surface area contributed by atoms with Crippen LogP contribution in [0.4, 0.5) is 13.2 Å². The largest absolute Gasteiger partial charge is 0.343 e. The molecule has 0 saturated heterocycles. The summed E-state index contributed by atoms with van der Waals surface area (Å²) in [5.41, 5.74) is -0.232. The molecule has 2 rings (SSSR count). The Morgan fingerprint density at radius 2 is 1.84 bits per heavy atom. The standard InChI is InChI=1S/C17H14ClF3N2O2/c1-23(9-12-13(18)3-2-4-14(12)20)16(24)8-22-17(25)11-6-5-10(19)7-15(11)21/h2-7H,8-9H2,1H3,(H,22,25). The predicted octanol–water partition coefficient (Wildman–Crippen LogP) is 3.15. The van der Waals surface area contributed by atoms with Crippen molar-refractivity contribution >= 4 is 23.4 Å². The highest BCUT2D eigenvalue weighted by Crippen LogP contribution is 2.20. The molecule has 0 saturated carbocycles. The van der Waals surface area contributed by atoms with Gasteiger partial charge in [-0.05, 0) is 24.3 Å². The van der Waals surface area contributed by atoms with Crippen molar-refractivity contribution in [2.24, 2.45) is 0 Å². The summed E-state index contributed by atoms with van der Waals surface area (Å²) in [6.07, 6.45) is 0. The molecule has 0 atom stereocenters. The molecule has 1 N–H and O–H groups in total. The number of nitrogens with zero attached hydrogens (tertiary/aromatic N) is 1. The van der Waals surface area contributed by atoms with Gasteiger partial charge in [0.05, 0.1) is 12.1 Å². The molecule has 0 radical (unpaired) electrons. The molecule has 0 heterocycles. The Kier molecular flexibility index (Phi) is 6.03. The lowest BCUT2D eigenvalue weighted by molar-refractivity contribution is -0.129. The molecule has 25 heavy (non-hydrogen) atoms. The van der Waals surface area contributed by atoms with Crippen molar-refractivity contribution in [3.63, 3.8) is 0 Å². The zero-order chi connectivity index (χ0) is 18.6. The van der Waals surface area contributed by atoms with Gasteiger partial charge < -0.3 is 10.2 Å². The number of hydrogen-bond acceptors (Lipinski definition) is 2. The number of rotatable bonds is 5. The maximum atomic E-state index is 13.7. The molecule has 8 heteroatoms. The second-order valence-electron chi connectivity index (χ2n) is 5.26. The molecule has 0 aliphatic heterocycles. The van der Waals surface area contributed by atoms with Crippen LogP contribution in [0.2, 0.25) is 5.02 Å². The Bertz CT molecular complexity index is 794. The van der Waals surface area contributed by atoms with E-state index in [1.165, 1.54) is 30.1 Å². The molecule has 0 aliphatic carbocycles. The normalized spacial score (nSPS) is 10.4. The van der Waals surface area contributed by atoms with Crippen LogP contribution in [-0.2, 0) is 11.3 Å². The van der Waals surface area contributed by atoms with Gasteiger partial charge >= 0.3 is 0 Å². The van der Waals surface area contributed by atoms with Gasteiger partial charge in [0.15, 0.2) is 0 Å². The first-order valence-electron chi connectivity index (χ1n) is 7.19. The smallest absolute Gasteiger partial charge is 0.254 e. The second-order valence-corrected chi connectivity index (χ2v) is 5.66. The zero-order valence-corrected chi connectivity index (χ0v) is 13.9. The quantitative estimate of drug-likeness (QED) is 0.879. The molecule has 4 nitrogen and oxygen atoms in total. The molecule has 0 bridgehead atoms. The molecule has 2 aromatic rings. The maximum absolute atomic E-state index is 13.7. The number of benzene rings is 2.